The van der Waals surface area contributed by atoms with Crippen molar-refractivity contribution >= 4 is 11.8 Å². The van der Waals surface area contributed by atoms with Gasteiger partial charge in [0.05, 0.1) is 5.41 Å². The van der Waals surface area contributed by atoms with Crippen LogP contribution in [0, 0.1) is 11.3 Å². The quantitative estimate of drug-likeness (QED) is 0.892. The molecule has 21 heavy (non-hydrogen) atoms. The van der Waals surface area contributed by atoms with Gasteiger partial charge in [-0.05, 0) is 18.8 Å². The van der Waals surface area contributed by atoms with Crippen LogP contribution < -0.4 is 10.5 Å². The molecule has 6 nitrogen and oxygen atoms in total. The van der Waals surface area contributed by atoms with Gasteiger partial charge >= 0.3 is 5.97 Å². The number of rotatable bonds is 5. The fourth-order valence-corrected chi connectivity index (χ4v) is 2.98. The van der Waals surface area contributed by atoms with Crippen LogP contribution in [0.25, 0.3) is 0 Å². The number of nitrogens with zero attached hydrogens (tertiary/aromatic N) is 3. The minimum atomic E-state index is -0.792. The first-order valence-electron chi connectivity index (χ1n) is 7.46. The Balaban J connectivity index is 2.32. The highest BCUT2D eigenvalue weighted by molar-refractivity contribution is 5.77. The molecule has 0 aromatic carbocycles. The fourth-order valence-electron chi connectivity index (χ4n) is 2.98. The topological polar surface area (TPSA) is 75.4 Å². The van der Waals surface area contributed by atoms with Gasteiger partial charge in [0.1, 0.15) is 0 Å². The Labute approximate surface area is 124 Å². The van der Waals surface area contributed by atoms with Gasteiger partial charge in [-0.15, -0.1) is 0 Å². The molecule has 0 bridgehead atoms. The van der Waals surface area contributed by atoms with E-state index in [0.717, 1.165) is 6.42 Å². The second kappa shape index (κ2) is 5.87. The standard InChI is InChI=1S/C15H23N3O3/c1-4-7-17-9-6-16-12(13(17)19)18-8-5-15(10-18,11(2)3)14(20)21/h6,9,11H,4-5,7-8,10H2,1-3H3,(H,20,21). The van der Waals surface area contributed by atoms with Crippen molar-refractivity contribution in [2.75, 3.05) is 18.0 Å². The lowest BCUT2D eigenvalue weighted by Gasteiger charge is -2.28. The summed E-state index contributed by atoms with van der Waals surface area (Å²) in [5.41, 5.74) is -0.927. The van der Waals surface area contributed by atoms with E-state index in [-0.39, 0.29) is 11.5 Å². The summed E-state index contributed by atoms with van der Waals surface area (Å²) in [6.07, 6.45) is 4.71. The van der Waals surface area contributed by atoms with Gasteiger partial charge in [-0.1, -0.05) is 20.8 Å². The molecule has 1 aliphatic rings. The molecule has 1 fully saturated rings. The molecule has 0 aliphatic carbocycles. The molecule has 1 aromatic heterocycles. The van der Waals surface area contributed by atoms with Gasteiger partial charge in [0.15, 0.2) is 5.82 Å². The minimum absolute atomic E-state index is 0.0154. The zero-order valence-corrected chi connectivity index (χ0v) is 12.9. The molecule has 0 radical (unpaired) electrons. The van der Waals surface area contributed by atoms with E-state index in [4.69, 9.17) is 0 Å². The fraction of sp³-hybridized carbons (Fsp3) is 0.667. The number of carboxylic acid groups (broad SMARTS) is 1. The van der Waals surface area contributed by atoms with Gasteiger partial charge in [0, 0.05) is 32.0 Å². The first kappa shape index (κ1) is 15.5. The molecule has 1 aliphatic heterocycles. The molecule has 6 heteroatoms. The second-order valence-electron chi connectivity index (χ2n) is 6.04. The summed E-state index contributed by atoms with van der Waals surface area (Å²) < 4.78 is 1.64. The Morgan fingerprint density at radius 1 is 1.52 bits per heavy atom. The van der Waals surface area contributed by atoms with Crippen molar-refractivity contribution in [1.82, 2.24) is 9.55 Å². The van der Waals surface area contributed by atoms with E-state index in [9.17, 15) is 14.7 Å². The van der Waals surface area contributed by atoms with E-state index in [1.165, 1.54) is 0 Å². The average molecular weight is 293 g/mol. The van der Waals surface area contributed by atoms with Gasteiger partial charge in [-0.25, -0.2) is 4.98 Å². The van der Waals surface area contributed by atoms with Crippen molar-refractivity contribution in [2.24, 2.45) is 11.3 Å². The summed E-state index contributed by atoms with van der Waals surface area (Å²) in [5.74, 6) is -0.402. The van der Waals surface area contributed by atoms with E-state index in [1.54, 1.807) is 17.0 Å². The van der Waals surface area contributed by atoms with Crippen LogP contribution in [0.4, 0.5) is 5.82 Å². The maximum Gasteiger partial charge on any atom is 0.311 e. The number of hydrogen-bond acceptors (Lipinski definition) is 4. The van der Waals surface area contributed by atoms with Crippen molar-refractivity contribution in [2.45, 2.75) is 40.2 Å². The molecule has 116 valence electrons. The zero-order chi connectivity index (χ0) is 15.6. The number of carbonyl (C=O) groups is 1. The predicted molar refractivity (Wildman–Crippen MR) is 80.5 cm³/mol. The summed E-state index contributed by atoms with van der Waals surface area (Å²) in [4.78, 5) is 30.1. The second-order valence-corrected chi connectivity index (χ2v) is 6.04. The smallest absolute Gasteiger partial charge is 0.311 e. The predicted octanol–water partition coefficient (Wildman–Crippen LogP) is 1.59. The van der Waals surface area contributed by atoms with E-state index in [2.05, 4.69) is 4.98 Å². The molecule has 0 saturated carbocycles. The van der Waals surface area contributed by atoms with E-state index in [1.807, 2.05) is 25.7 Å². The van der Waals surface area contributed by atoms with Crippen LogP contribution in [0.5, 0.6) is 0 Å². The third-order valence-corrected chi connectivity index (χ3v) is 4.49. The van der Waals surface area contributed by atoms with Crippen molar-refractivity contribution in [3.63, 3.8) is 0 Å². The van der Waals surface area contributed by atoms with Gasteiger partial charge in [-0.3, -0.25) is 9.59 Å². The lowest BCUT2D eigenvalue weighted by Crippen LogP contribution is -2.40. The first-order chi connectivity index (χ1) is 9.92. The average Bonchev–Trinajstić information content (AvgIpc) is 2.88. The maximum atomic E-state index is 12.4. The Morgan fingerprint density at radius 2 is 2.24 bits per heavy atom. The molecular weight excluding hydrogens is 270 g/mol. The zero-order valence-electron chi connectivity index (χ0n) is 12.9. The molecule has 1 saturated heterocycles. The Kier molecular flexibility index (Phi) is 4.34. The van der Waals surface area contributed by atoms with Crippen molar-refractivity contribution < 1.29 is 9.90 Å². The number of aryl methyl sites for hydroxylation is 1. The minimum Gasteiger partial charge on any atom is -0.481 e. The SMILES string of the molecule is CCCn1ccnc(N2CCC(C(=O)O)(C(C)C)C2)c1=O. The molecule has 1 N–H and O–H groups in total. The summed E-state index contributed by atoms with van der Waals surface area (Å²) in [7, 11) is 0. The van der Waals surface area contributed by atoms with Crippen LogP contribution in [-0.4, -0.2) is 33.7 Å². The van der Waals surface area contributed by atoms with Crippen LogP contribution in [0.15, 0.2) is 17.2 Å². The normalized spacial score (nSPS) is 22.0. The van der Waals surface area contributed by atoms with Crippen molar-refractivity contribution in [1.29, 1.82) is 0 Å². The summed E-state index contributed by atoms with van der Waals surface area (Å²) in [5, 5.41) is 9.58. The molecular formula is C15H23N3O3. The highest BCUT2D eigenvalue weighted by Crippen LogP contribution is 2.38. The van der Waals surface area contributed by atoms with Crippen LogP contribution in [0.2, 0.25) is 0 Å². The molecule has 1 unspecified atom stereocenters. The lowest BCUT2D eigenvalue weighted by molar-refractivity contribution is -0.150. The van der Waals surface area contributed by atoms with Crippen LogP contribution >= 0.6 is 0 Å². The molecule has 2 heterocycles. The van der Waals surface area contributed by atoms with E-state index < -0.39 is 11.4 Å². The third kappa shape index (κ3) is 2.66. The summed E-state index contributed by atoms with van der Waals surface area (Å²) in [6, 6.07) is 0. The van der Waals surface area contributed by atoms with Crippen LogP contribution in [-0.2, 0) is 11.3 Å². The summed E-state index contributed by atoms with van der Waals surface area (Å²) in [6.45, 7) is 7.41. The highest BCUT2D eigenvalue weighted by atomic mass is 16.4. The molecule has 1 aromatic rings. The monoisotopic (exact) mass is 293 g/mol. The highest BCUT2D eigenvalue weighted by Gasteiger charge is 2.48. The lowest BCUT2D eigenvalue weighted by atomic mass is 9.76. The number of aromatic nitrogens is 2. The van der Waals surface area contributed by atoms with E-state index in [0.29, 0.717) is 31.9 Å². The van der Waals surface area contributed by atoms with E-state index >= 15 is 0 Å². The van der Waals surface area contributed by atoms with Crippen molar-refractivity contribution in [3.05, 3.63) is 22.7 Å². The number of aliphatic carboxylic acids is 1. The number of hydrogen-bond donors (Lipinski definition) is 1. The Bertz CT molecular complexity index is 582. The largest absolute Gasteiger partial charge is 0.481 e. The third-order valence-electron chi connectivity index (χ3n) is 4.49. The number of anilines is 1. The molecule has 1 atom stereocenters. The first-order valence-corrected chi connectivity index (χ1v) is 7.46. The maximum absolute atomic E-state index is 12.4. The summed E-state index contributed by atoms with van der Waals surface area (Å²) >= 11 is 0. The van der Waals surface area contributed by atoms with Gasteiger partial charge < -0.3 is 14.6 Å². The van der Waals surface area contributed by atoms with Crippen LogP contribution in [0.3, 0.4) is 0 Å². The van der Waals surface area contributed by atoms with Crippen molar-refractivity contribution in [3.8, 4) is 0 Å². The molecule has 2 rings (SSSR count). The Hall–Kier alpha value is -1.85. The molecule has 0 spiro atoms. The van der Waals surface area contributed by atoms with Gasteiger partial charge in [0.25, 0.3) is 5.56 Å². The molecule has 0 amide bonds. The Morgan fingerprint density at radius 3 is 2.76 bits per heavy atom. The van der Waals surface area contributed by atoms with Crippen LogP contribution in [0.1, 0.15) is 33.6 Å². The number of carboxylic acids is 1. The van der Waals surface area contributed by atoms with Gasteiger partial charge in [0.2, 0.25) is 0 Å². The van der Waals surface area contributed by atoms with Gasteiger partial charge in [-0.2, -0.15) is 0 Å².